The smallest absolute Gasteiger partial charge is 0.0589 e. The van der Waals surface area contributed by atoms with E-state index in [0.717, 1.165) is 25.1 Å². The minimum absolute atomic E-state index is 0.729. The molecule has 0 aromatic carbocycles. The van der Waals surface area contributed by atoms with Crippen LogP contribution >= 0.6 is 0 Å². The van der Waals surface area contributed by atoms with Gasteiger partial charge >= 0.3 is 0 Å². The fourth-order valence-electron chi connectivity index (χ4n) is 2.85. The number of nitrogens with one attached hydrogen (secondary N) is 1. The number of nitrogens with zero attached hydrogens (tertiary/aromatic N) is 1. The van der Waals surface area contributed by atoms with Gasteiger partial charge in [0.25, 0.3) is 0 Å². The minimum atomic E-state index is 0.729. The second kappa shape index (κ2) is 8.90. The highest BCUT2D eigenvalue weighted by atomic mass is 16.5. The summed E-state index contributed by atoms with van der Waals surface area (Å²) in [5.41, 5.74) is 0. The molecule has 3 heteroatoms. The number of ether oxygens (including phenoxy) is 1. The van der Waals surface area contributed by atoms with Crippen molar-refractivity contribution in [3.8, 4) is 0 Å². The van der Waals surface area contributed by atoms with Gasteiger partial charge in [0.05, 0.1) is 6.61 Å². The first-order chi connectivity index (χ1) is 8.31. The Morgan fingerprint density at radius 1 is 1.35 bits per heavy atom. The normalized spacial score (nSPS) is 21.4. The first kappa shape index (κ1) is 14.9. The third-order valence-corrected chi connectivity index (χ3v) is 3.93. The van der Waals surface area contributed by atoms with Crippen LogP contribution in [0.3, 0.4) is 0 Å². The van der Waals surface area contributed by atoms with Crippen LogP contribution in [0.5, 0.6) is 0 Å². The van der Waals surface area contributed by atoms with Crippen molar-refractivity contribution in [1.29, 1.82) is 0 Å². The summed E-state index contributed by atoms with van der Waals surface area (Å²) in [4.78, 5) is 2.64. The summed E-state index contributed by atoms with van der Waals surface area (Å²) >= 11 is 0. The summed E-state index contributed by atoms with van der Waals surface area (Å²) in [5.74, 6) is 0.834. The van der Waals surface area contributed by atoms with Gasteiger partial charge in [-0.2, -0.15) is 0 Å². The Kier molecular flexibility index (Phi) is 7.82. The SMILES string of the molecule is CCC(CC)N(CCOC)CC1CCCNC1. The van der Waals surface area contributed by atoms with E-state index in [-0.39, 0.29) is 0 Å². The highest BCUT2D eigenvalue weighted by Gasteiger charge is 2.20. The molecular weight excluding hydrogens is 212 g/mol. The van der Waals surface area contributed by atoms with E-state index in [1.54, 1.807) is 7.11 Å². The van der Waals surface area contributed by atoms with Crippen LogP contribution in [-0.4, -0.2) is 50.8 Å². The van der Waals surface area contributed by atoms with Gasteiger partial charge in [-0.25, -0.2) is 0 Å². The van der Waals surface area contributed by atoms with Gasteiger partial charge in [-0.05, 0) is 44.7 Å². The fraction of sp³-hybridized carbons (Fsp3) is 1.00. The lowest BCUT2D eigenvalue weighted by molar-refractivity contribution is 0.0965. The molecule has 0 radical (unpaired) electrons. The molecule has 0 saturated carbocycles. The number of piperidine rings is 1. The average molecular weight is 242 g/mol. The lowest BCUT2D eigenvalue weighted by Gasteiger charge is -2.35. The molecule has 1 heterocycles. The van der Waals surface area contributed by atoms with E-state index in [4.69, 9.17) is 4.74 Å². The van der Waals surface area contributed by atoms with Gasteiger partial charge in [-0.15, -0.1) is 0 Å². The van der Waals surface area contributed by atoms with E-state index in [1.807, 2.05) is 0 Å². The Balaban J connectivity index is 2.42. The fourth-order valence-corrected chi connectivity index (χ4v) is 2.85. The summed E-state index contributed by atoms with van der Waals surface area (Å²) in [6.07, 6.45) is 5.23. The van der Waals surface area contributed by atoms with Gasteiger partial charge in [0.15, 0.2) is 0 Å². The molecule has 1 N–H and O–H groups in total. The molecule has 1 fully saturated rings. The molecule has 1 atom stereocenters. The zero-order valence-corrected chi connectivity index (χ0v) is 11.9. The molecule has 3 nitrogen and oxygen atoms in total. The number of hydrogen-bond acceptors (Lipinski definition) is 3. The van der Waals surface area contributed by atoms with Crippen molar-refractivity contribution in [2.24, 2.45) is 5.92 Å². The molecule has 1 saturated heterocycles. The molecule has 102 valence electrons. The average Bonchev–Trinajstić information content (AvgIpc) is 2.38. The van der Waals surface area contributed by atoms with Crippen molar-refractivity contribution in [3.05, 3.63) is 0 Å². The van der Waals surface area contributed by atoms with Crippen LogP contribution in [0, 0.1) is 5.92 Å². The van der Waals surface area contributed by atoms with E-state index >= 15 is 0 Å². The van der Waals surface area contributed by atoms with Gasteiger partial charge in [-0.3, -0.25) is 4.90 Å². The van der Waals surface area contributed by atoms with E-state index < -0.39 is 0 Å². The van der Waals surface area contributed by atoms with Gasteiger partial charge in [0.1, 0.15) is 0 Å². The summed E-state index contributed by atoms with van der Waals surface area (Å²) in [6.45, 7) is 10.2. The topological polar surface area (TPSA) is 24.5 Å². The Labute approximate surface area is 107 Å². The van der Waals surface area contributed by atoms with E-state index in [9.17, 15) is 0 Å². The maximum absolute atomic E-state index is 5.24. The molecule has 17 heavy (non-hydrogen) atoms. The van der Waals surface area contributed by atoms with E-state index in [2.05, 4.69) is 24.1 Å². The molecule has 1 rings (SSSR count). The maximum Gasteiger partial charge on any atom is 0.0589 e. The lowest BCUT2D eigenvalue weighted by atomic mass is 9.97. The Morgan fingerprint density at radius 3 is 2.65 bits per heavy atom. The van der Waals surface area contributed by atoms with E-state index in [1.165, 1.54) is 45.3 Å². The molecule has 0 aliphatic carbocycles. The third kappa shape index (κ3) is 5.36. The van der Waals surface area contributed by atoms with Gasteiger partial charge < -0.3 is 10.1 Å². The van der Waals surface area contributed by atoms with Crippen LogP contribution in [0.1, 0.15) is 39.5 Å². The Morgan fingerprint density at radius 2 is 2.12 bits per heavy atom. The third-order valence-electron chi connectivity index (χ3n) is 3.93. The predicted molar refractivity (Wildman–Crippen MR) is 73.4 cm³/mol. The van der Waals surface area contributed by atoms with Gasteiger partial charge in [-0.1, -0.05) is 13.8 Å². The Bertz CT molecular complexity index is 177. The predicted octanol–water partition coefficient (Wildman–Crippen LogP) is 2.12. The lowest BCUT2D eigenvalue weighted by Crippen LogP contribution is -2.44. The van der Waals surface area contributed by atoms with Crippen molar-refractivity contribution in [3.63, 3.8) is 0 Å². The molecule has 1 aliphatic rings. The molecule has 0 spiro atoms. The summed E-state index contributed by atoms with van der Waals surface area (Å²) in [7, 11) is 1.80. The zero-order valence-electron chi connectivity index (χ0n) is 11.9. The van der Waals surface area contributed by atoms with Gasteiger partial charge in [0.2, 0.25) is 0 Å². The minimum Gasteiger partial charge on any atom is -0.383 e. The molecule has 1 unspecified atom stereocenters. The molecule has 1 aliphatic heterocycles. The molecule has 0 aromatic heterocycles. The van der Waals surface area contributed by atoms with Crippen molar-refractivity contribution in [2.45, 2.75) is 45.6 Å². The van der Waals surface area contributed by atoms with Crippen LogP contribution < -0.4 is 5.32 Å². The first-order valence-corrected chi connectivity index (χ1v) is 7.25. The number of rotatable bonds is 8. The largest absolute Gasteiger partial charge is 0.383 e. The standard InChI is InChI=1S/C14H30N2O/c1-4-14(5-2)16(9-10-17-3)12-13-7-6-8-15-11-13/h13-15H,4-12H2,1-3H3. The molecule has 0 bridgehead atoms. The van der Waals surface area contributed by atoms with Gasteiger partial charge in [0, 0.05) is 26.2 Å². The highest BCUT2D eigenvalue weighted by Crippen LogP contribution is 2.16. The van der Waals surface area contributed by atoms with Crippen molar-refractivity contribution in [2.75, 3.05) is 39.9 Å². The molecular formula is C14H30N2O. The first-order valence-electron chi connectivity index (χ1n) is 7.25. The van der Waals surface area contributed by atoms with E-state index in [0.29, 0.717) is 0 Å². The van der Waals surface area contributed by atoms with Crippen LogP contribution in [0.2, 0.25) is 0 Å². The second-order valence-electron chi connectivity index (χ2n) is 5.17. The highest BCUT2D eigenvalue weighted by molar-refractivity contribution is 4.76. The summed E-state index contributed by atoms with van der Waals surface area (Å²) in [6, 6.07) is 0.729. The monoisotopic (exact) mass is 242 g/mol. The molecule has 0 aromatic rings. The van der Waals surface area contributed by atoms with Crippen LogP contribution in [0.4, 0.5) is 0 Å². The van der Waals surface area contributed by atoms with Crippen LogP contribution in [0.25, 0.3) is 0 Å². The zero-order chi connectivity index (χ0) is 12.5. The summed E-state index contributed by atoms with van der Waals surface area (Å²) < 4.78 is 5.24. The maximum atomic E-state index is 5.24. The van der Waals surface area contributed by atoms with Crippen LogP contribution in [-0.2, 0) is 4.74 Å². The van der Waals surface area contributed by atoms with Crippen molar-refractivity contribution in [1.82, 2.24) is 10.2 Å². The number of hydrogen-bond donors (Lipinski definition) is 1. The quantitative estimate of drug-likeness (QED) is 0.705. The van der Waals surface area contributed by atoms with Crippen LogP contribution in [0.15, 0.2) is 0 Å². The van der Waals surface area contributed by atoms with Crippen molar-refractivity contribution >= 4 is 0 Å². The Hall–Kier alpha value is -0.120. The second-order valence-corrected chi connectivity index (χ2v) is 5.17. The molecule has 0 amide bonds. The summed E-state index contributed by atoms with van der Waals surface area (Å²) in [5, 5.41) is 3.51. The van der Waals surface area contributed by atoms with Crippen molar-refractivity contribution < 1.29 is 4.74 Å². The number of methoxy groups -OCH3 is 1.